The molecule has 0 aliphatic heterocycles. The lowest BCUT2D eigenvalue weighted by atomic mass is 9.54. The number of carbonyl (C=O) groups excluding carboxylic acids is 1. The van der Waals surface area contributed by atoms with E-state index in [0.29, 0.717) is 13.0 Å². The van der Waals surface area contributed by atoms with Gasteiger partial charge in [-0.2, -0.15) is 0 Å². The summed E-state index contributed by atoms with van der Waals surface area (Å²) in [4.78, 5) is 15.0. The molecule has 1 aliphatic carbocycles. The summed E-state index contributed by atoms with van der Waals surface area (Å²) in [5.41, 5.74) is 5.45. The molecule has 2 atom stereocenters. The zero-order chi connectivity index (χ0) is 16.1. The molecule has 0 spiro atoms. The van der Waals surface area contributed by atoms with Gasteiger partial charge >= 0.3 is 0 Å². The van der Waals surface area contributed by atoms with Crippen LogP contribution in [-0.4, -0.2) is 42.1 Å². The van der Waals surface area contributed by atoms with Gasteiger partial charge in [-0.3, -0.25) is 4.79 Å². The smallest absolute Gasteiger partial charge is 0.243 e. The quantitative estimate of drug-likeness (QED) is 0.712. The molecule has 1 rings (SSSR count). The highest BCUT2D eigenvalue weighted by atomic mass is 16.5. The van der Waals surface area contributed by atoms with Crippen molar-refractivity contribution in [2.24, 2.45) is 11.1 Å². The number of ether oxygens (including phenoxy) is 1. The average Bonchev–Trinajstić information content (AvgIpc) is 2.46. The first kappa shape index (κ1) is 18.4. The van der Waals surface area contributed by atoms with E-state index in [0.717, 1.165) is 38.8 Å². The summed E-state index contributed by atoms with van der Waals surface area (Å²) >= 11 is 0. The van der Waals surface area contributed by atoms with Crippen molar-refractivity contribution in [1.82, 2.24) is 4.90 Å². The fourth-order valence-electron chi connectivity index (χ4n) is 3.09. The number of hydrogen-bond donors (Lipinski definition) is 1. The third-order valence-corrected chi connectivity index (χ3v) is 5.06. The molecule has 0 saturated heterocycles. The minimum atomic E-state index is -0.770. The lowest BCUT2D eigenvalue weighted by Gasteiger charge is -2.58. The van der Waals surface area contributed by atoms with Gasteiger partial charge in [-0.25, -0.2) is 0 Å². The Balaban J connectivity index is 2.78. The van der Waals surface area contributed by atoms with Crippen molar-refractivity contribution in [3.8, 4) is 0 Å². The summed E-state index contributed by atoms with van der Waals surface area (Å²) in [6, 6.07) is 0. The predicted octanol–water partition coefficient (Wildman–Crippen LogP) is 2.95. The Morgan fingerprint density at radius 2 is 1.71 bits per heavy atom. The molecule has 4 nitrogen and oxygen atoms in total. The van der Waals surface area contributed by atoms with Crippen molar-refractivity contribution >= 4 is 5.91 Å². The SMILES string of the molecule is CCCCN(CCCC)C(=O)C1(N)CC(OCC)C1(C)C. The summed E-state index contributed by atoms with van der Waals surface area (Å²) < 4.78 is 5.73. The molecule has 0 radical (unpaired) electrons. The molecule has 1 saturated carbocycles. The molecular weight excluding hydrogens is 264 g/mol. The van der Waals surface area contributed by atoms with E-state index < -0.39 is 5.54 Å². The Morgan fingerprint density at radius 1 is 1.19 bits per heavy atom. The van der Waals surface area contributed by atoms with Crippen LogP contribution in [0.5, 0.6) is 0 Å². The first-order valence-corrected chi connectivity index (χ1v) is 8.55. The van der Waals surface area contributed by atoms with Gasteiger partial charge < -0.3 is 15.4 Å². The van der Waals surface area contributed by atoms with Crippen LogP contribution in [0.3, 0.4) is 0 Å². The van der Waals surface area contributed by atoms with Crippen molar-refractivity contribution in [1.29, 1.82) is 0 Å². The van der Waals surface area contributed by atoms with E-state index in [1.165, 1.54) is 0 Å². The van der Waals surface area contributed by atoms with Crippen molar-refractivity contribution in [3.63, 3.8) is 0 Å². The zero-order valence-corrected chi connectivity index (χ0v) is 14.6. The highest BCUT2D eigenvalue weighted by molar-refractivity contribution is 5.89. The number of rotatable bonds is 9. The van der Waals surface area contributed by atoms with Crippen LogP contribution < -0.4 is 5.73 Å². The lowest BCUT2D eigenvalue weighted by molar-refractivity contribution is -0.179. The minimum Gasteiger partial charge on any atom is -0.378 e. The third-order valence-electron chi connectivity index (χ3n) is 5.06. The molecule has 21 heavy (non-hydrogen) atoms. The fraction of sp³-hybridized carbons (Fsp3) is 0.941. The van der Waals surface area contributed by atoms with Crippen LogP contribution in [0.25, 0.3) is 0 Å². The van der Waals surface area contributed by atoms with Crippen LogP contribution in [0.4, 0.5) is 0 Å². The molecule has 0 aromatic rings. The number of amides is 1. The van der Waals surface area contributed by atoms with Crippen LogP contribution in [-0.2, 0) is 9.53 Å². The van der Waals surface area contributed by atoms with E-state index in [2.05, 4.69) is 27.7 Å². The molecule has 0 bridgehead atoms. The Kier molecular flexibility index (Phi) is 6.67. The normalized spacial score (nSPS) is 27.2. The van der Waals surface area contributed by atoms with Gasteiger partial charge in [0.2, 0.25) is 5.91 Å². The molecule has 2 N–H and O–H groups in total. The number of carbonyl (C=O) groups is 1. The van der Waals surface area contributed by atoms with Crippen molar-refractivity contribution < 1.29 is 9.53 Å². The van der Waals surface area contributed by atoms with E-state index in [9.17, 15) is 4.79 Å². The minimum absolute atomic E-state index is 0.0932. The highest BCUT2D eigenvalue weighted by Gasteiger charge is 2.63. The predicted molar refractivity (Wildman–Crippen MR) is 87.1 cm³/mol. The van der Waals surface area contributed by atoms with Crippen LogP contribution in [0.1, 0.15) is 66.7 Å². The maximum Gasteiger partial charge on any atom is 0.243 e. The summed E-state index contributed by atoms with van der Waals surface area (Å²) in [5.74, 6) is 0.116. The molecule has 1 aliphatic rings. The monoisotopic (exact) mass is 298 g/mol. The number of nitrogens with two attached hydrogens (primary N) is 1. The van der Waals surface area contributed by atoms with Crippen LogP contribution in [0.15, 0.2) is 0 Å². The van der Waals surface area contributed by atoms with Gasteiger partial charge in [0.05, 0.1) is 6.10 Å². The summed E-state index contributed by atoms with van der Waals surface area (Å²) in [7, 11) is 0. The van der Waals surface area contributed by atoms with Gasteiger partial charge in [0.25, 0.3) is 0 Å². The van der Waals surface area contributed by atoms with Gasteiger partial charge in [-0.05, 0) is 19.8 Å². The highest BCUT2D eigenvalue weighted by Crippen LogP contribution is 2.50. The van der Waals surface area contributed by atoms with E-state index in [1.807, 2.05) is 11.8 Å². The first-order chi connectivity index (χ1) is 9.85. The molecule has 0 aromatic carbocycles. The first-order valence-electron chi connectivity index (χ1n) is 8.55. The van der Waals surface area contributed by atoms with Gasteiger partial charge in [-0.1, -0.05) is 40.5 Å². The Hall–Kier alpha value is -0.610. The maximum absolute atomic E-state index is 13.0. The second-order valence-corrected chi connectivity index (χ2v) is 6.84. The molecule has 124 valence electrons. The van der Waals surface area contributed by atoms with Crippen LogP contribution in [0.2, 0.25) is 0 Å². The summed E-state index contributed by atoms with van der Waals surface area (Å²) in [6.07, 6.45) is 5.01. The Bertz CT molecular complexity index is 336. The van der Waals surface area contributed by atoms with Gasteiger partial charge in [0.15, 0.2) is 0 Å². The zero-order valence-electron chi connectivity index (χ0n) is 14.6. The molecule has 1 fully saturated rings. The lowest BCUT2D eigenvalue weighted by Crippen LogP contribution is -2.76. The molecule has 2 unspecified atom stereocenters. The Morgan fingerprint density at radius 3 is 2.10 bits per heavy atom. The van der Waals surface area contributed by atoms with E-state index in [4.69, 9.17) is 10.5 Å². The third kappa shape index (κ3) is 3.59. The maximum atomic E-state index is 13.0. The standard InChI is InChI=1S/C17H34N2O2/c1-6-9-11-19(12-10-7-2)15(20)17(18)13-14(21-8-3)16(17,4)5/h14H,6-13,18H2,1-5H3. The number of hydrogen-bond acceptors (Lipinski definition) is 3. The van der Waals surface area contributed by atoms with Crippen molar-refractivity contribution in [2.75, 3.05) is 19.7 Å². The topological polar surface area (TPSA) is 55.6 Å². The van der Waals surface area contributed by atoms with Crippen LogP contribution in [0, 0.1) is 5.41 Å². The summed E-state index contributed by atoms with van der Waals surface area (Å²) in [6.45, 7) is 12.7. The molecule has 0 heterocycles. The van der Waals surface area contributed by atoms with Crippen molar-refractivity contribution in [2.45, 2.75) is 78.4 Å². The van der Waals surface area contributed by atoms with E-state index in [1.54, 1.807) is 0 Å². The van der Waals surface area contributed by atoms with Gasteiger partial charge in [0, 0.05) is 31.5 Å². The van der Waals surface area contributed by atoms with E-state index in [-0.39, 0.29) is 17.4 Å². The second kappa shape index (κ2) is 7.59. The van der Waals surface area contributed by atoms with Gasteiger partial charge in [-0.15, -0.1) is 0 Å². The van der Waals surface area contributed by atoms with E-state index >= 15 is 0 Å². The molecular formula is C17H34N2O2. The van der Waals surface area contributed by atoms with Crippen LogP contribution >= 0.6 is 0 Å². The fourth-order valence-corrected chi connectivity index (χ4v) is 3.09. The molecule has 4 heteroatoms. The Labute approximate surface area is 130 Å². The molecule has 0 aromatic heterocycles. The largest absolute Gasteiger partial charge is 0.378 e. The summed E-state index contributed by atoms with van der Waals surface area (Å²) in [5, 5.41) is 0. The second-order valence-electron chi connectivity index (χ2n) is 6.84. The average molecular weight is 298 g/mol. The van der Waals surface area contributed by atoms with Gasteiger partial charge in [0.1, 0.15) is 5.54 Å². The molecule has 1 amide bonds. The number of unbranched alkanes of at least 4 members (excludes halogenated alkanes) is 2. The van der Waals surface area contributed by atoms with Crippen molar-refractivity contribution in [3.05, 3.63) is 0 Å². The number of nitrogens with zero attached hydrogens (tertiary/aromatic N) is 1.